The van der Waals surface area contributed by atoms with E-state index in [4.69, 9.17) is 0 Å². The quantitative estimate of drug-likeness (QED) is 0.835. The van der Waals surface area contributed by atoms with Crippen molar-refractivity contribution in [3.8, 4) is 0 Å². The van der Waals surface area contributed by atoms with Gasteiger partial charge in [-0.15, -0.1) is 0 Å². The zero-order valence-electron chi connectivity index (χ0n) is 11.2. The van der Waals surface area contributed by atoms with Crippen LogP contribution in [0.3, 0.4) is 0 Å². The van der Waals surface area contributed by atoms with Crippen LogP contribution >= 0.6 is 0 Å². The van der Waals surface area contributed by atoms with E-state index >= 15 is 0 Å². The van der Waals surface area contributed by atoms with Gasteiger partial charge in [-0.3, -0.25) is 0 Å². The van der Waals surface area contributed by atoms with Gasteiger partial charge in [0.25, 0.3) is 0 Å². The van der Waals surface area contributed by atoms with Gasteiger partial charge in [-0.2, -0.15) is 13.2 Å². The highest BCUT2D eigenvalue weighted by Crippen LogP contribution is 2.29. The fourth-order valence-corrected chi connectivity index (χ4v) is 1.66. The monoisotopic (exact) mass is 275 g/mol. The first-order chi connectivity index (χ1) is 8.80. The van der Waals surface area contributed by atoms with Crippen LogP contribution in [0.1, 0.15) is 31.4 Å². The molecule has 1 atom stereocenters. The molecule has 0 heterocycles. The van der Waals surface area contributed by atoms with E-state index < -0.39 is 11.7 Å². The minimum Gasteiger partial charge on any atom is -0.396 e. The first-order valence-corrected chi connectivity index (χ1v) is 6.28. The second-order valence-electron chi connectivity index (χ2n) is 5.12. The lowest BCUT2D eigenvalue weighted by Crippen LogP contribution is -2.34. The second-order valence-corrected chi connectivity index (χ2v) is 5.12. The van der Waals surface area contributed by atoms with E-state index in [1.807, 2.05) is 13.8 Å². The number of hydrogen-bond donors (Lipinski definition) is 2. The minimum absolute atomic E-state index is 0.0547. The highest BCUT2D eigenvalue weighted by molar-refractivity contribution is 5.25. The zero-order valence-corrected chi connectivity index (χ0v) is 11.2. The third-order valence-corrected chi connectivity index (χ3v) is 3.37. The summed E-state index contributed by atoms with van der Waals surface area (Å²) in [6.07, 6.45) is -3.50. The number of aliphatic hydroxyl groups is 1. The number of benzene rings is 1. The van der Waals surface area contributed by atoms with Crippen molar-refractivity contribution in [1.29, 1.82) is 0 Å². The summed E-state index contributed by atoms with van der Waals surface area (Å²) in [7, 11) is 0. The molecule has 2 N–H and O–H groups in total. The summed E-state index contributed by atoms with van der Waals surface area (Å²) < 4.78 is 37.6. The number of aliphatic hydroxyl groups excluding tert-OH is 1. The van der Waals surface area contributed by atoms with Crippen LogP contribution in [-0.2, 0) is 12.7 Å². The van der Waals surface area contributed by atoms with Crippen molar-refractivity contribution < 1.29 is 18.3 Å². The van der Waals surface area contributed by atoms with E-state index in [-0.39, 0.29) is 12.0 Å². The van der Waals surface area contributed by atoms with Gasteiger partial charge in [0.2, 0.25) is 0 Å². The number of halogens is 3. The molecule has 108 valence electrons. The Hall–Kier alpha value is -1.07. The van der Waals surface area contributed by atoms with Crippen LogP contribution in [0.4, 0.5) is 13.2 Å². The average molecular weight is 275 g/mol. The van der Waals surface area contributed by atoms with Crippen LogP contribution in [-0.4, -0.2) is 18.3 Å². The summed E-state index contributed by atoms with van der Waals surface area (Å²) in [6.45, 7) is 4.89. The normalized spacial score (nSPS) is 15.3. The van der Waals surface area contributed by atoms with Gasteiger partial charge in [0.1, 0.15) is 0 Å². The number of rotatable bonds is 6. The lowest BCUT2D eigenvalue weighted by atomic mass is 9.88. The van der Waals surface area contributed by atoms with Gasteiger partial charge in [-0.05, 0) is 18.1 Å². The van der Waals surface area contributed by atoms with Gasteiger partial charge in [-0.25, -0.2) is 0 Å². The molecular formula is C14H20F3NO. The van der Waals surface area contributed by atoms with Gasteiger partial charge < -0.3 is 10.4 Å². The lowest BCUT2D eigenvalue weighted by molar-refractivity contribution is -0.137. The Bertz CT molecular complexity index is 400. The number of nitrogens with one attached hydrogen (secondary N) is 1. The summed E-state index contributed by atoms with van der Waals surface area (Å²) in [5, 5.41) is 12.3. The minimum atomic E-state index is -4.31. The van der Waals surface area contributed by atoms with Crippen LogP contribution < -0.4 is 5.32 Å². The Morgan fingerprint density at radius 3 is 2.47 bits per heavy atom. The smallest absolute Gasteiger partial charge is 0.396 e. The predicted octanol–water partition coefficient (Wildman–Crippen LogP) is 3.20. The molecule has 0 spiro atoms. The van der Waals surface area contributed by atoms with E-state index in [0.29, 0.717) is 18.7 Å². The van der Waals surface area contributed by atoms with Gasteiger partial charge in [0.05, 0.1) is 5.56 Å². The summed E-state index contributed by atoms with van der Waals surface area (Å²) >= 11 is 0. The Balaban J connectivity index is 2.59. The summed E-state index contributed by atoms with van der Waals surface area (Å²) in [5.74, 6) is 0. The molecular weight excluding hydrogens is 255 g/mol. The summed E-state index contributed by atoms with van der Waals surface area (Å²) in [6, 6.07) is 5.28. The maximum Gasteiger partial charge on any atom is 0.416 e. The van der Waals surface area contributed by atoms with Gasteiger partial charge in [0, 0.05) is 25.1 Å². The van der Waals surface area contributed by atoms with Crippen LogP contribution in [0.2, 0.25) is 0 Å². The molecule has 19 heavy (non-hydrogen) atoms. The van der Waals surface area contributed by atoms with E-state index in [1.165, 1.54) is 6.07 Å². The largest absolute Gasteiger partial charge is 0.416 e. The van der Waals surface area contributed by atoms with Crippen LogP contribution in [0.25, 0.3) is 0 Å². The lowest BCUT2D eigenvalue weighted by Gasteiger charge is -2.26. The Kier molecular flexibility index (Phi) is 5.38. The molecule has 0 aliphatic carbocycles. The summed E-state index contributed by atoms with van der Waals surface area (Å²) in [5.41, 5.74) is -0.278. The average Bonchev–Trinajstić information content (AvgIpc) is 2.38. The first-order valence-electron chi connectivity index (χ1n) is 6.28. The molecule has 5 heteroatoms. The van der Waals surface area contributed by atoms with Crippen molar-refractivity contribution in [3.05, 3.63) is 35.4 Å². The van der Waals surface area contributed by atoms with E-state index in [2.05, 4.69) is 5.32 Å². The Labute approximate surface area is 111 Å². The molecule has 0 aliphatic rings. The van der Waals surface area contributed by atoms with Gasteiger partial charge in [-0.1, -0.05) is 32.0 Å². The molecule has 2 nitrogen and oxygen atoms in total. The summed E-state index contributed by atoms with van der Waals surface area (Å²) in [4.78, 5) is 0. The molecule has 1 aromatic rings. The molecule has 0 amide bonds. The van der Waals surface area contributed by atoms with Crippen LogP contribution in [0.15, 0.2) is 24.3 Å². The number of hydrogen-bond acceptors (Lipinski definition) is 2. The van der Waals surface area contributed by atoms with E-state index in [0.717, 1.165) is 18.6 Å². The maximum absolute atomic E-state index is 12.5. The van der Waals surface area contributed by atoms with Crippen molar-refractivity contribution in [1.82, 2.24) is 5.32 Å². The number of alkyl halides is 3. The fourth-order valence-electron chi connectivity index (χ4n) is 1.66. The highest BCUT2D eigenvalue weighted by atomic mass is 19.4. The Morgan fingerprint density at radius 1 is 1.26 bits per heavy atom. The molecule has 0 radical (unpaired) electrons. The van der Waals surface area contributed by atoms with Crippen molar-refractivity contribution in [2.24, 2.45) is 5.41 Å². The third kappa shape index (κ3) is 4.84. The van der Waals surface area contributed by atoms with Crippen molar-refractivity contribution >= 4 is 0 Å². The highest BCUT2D eigenvalue weighted by Gasteiger charge is 2.30. The molecule has 0 bridgehead atoms. The SMILES string of the molecule is CCC(C)(CO)CNCc1cccc(C(F)(F)F)c1. The molecule has 1 aromatic carbocycles. The molecule has 0 saturated heterocycles. The van der Waals surface area contributed by atoms with Crippen LogP contribution in [0, 0.1) is 5.41 Å². The van der Waals surface area contributed by atoms with Gasteiger partial charge in [0.15, 0.2) is 0 Å². The predicted molar refractivity (Wildman–Crippen MR) is 68.6 cm³/mol. The molecule has 1 unspecified atom stereocenters. The molecule has 0 saturated carbocycles. The standard InChI is InChI=1S/C14H20F3NO/c1-3-13(2,10-19)9-18-8-11-5-4-6-12(7-11)14(15,16)17/h4-7,18-19H,3,8-10H2,1-2H3. The van der Waals surface area contributed by atoms with E-state index in [9.17, 15) is 18.3 Å². The second kappa shape index (κ2) is 6.39. The van der Waals surface area contributed by atoms with Gasteiger partial charge >= 0.3 is 6.18 Å². The molecule has 0 fully saturated rings. The topological polar surface area (TPSA) is 32.3 Å². The third-order valence-electron chi connectivity index (χ3n) is 3.37. The van der Waals surface area contributed by atoms with Crippen molar-refractivity contribution in [2.75, 3.05) is 13.2 Å². The van der Waals surface area contributed by atoms with Crippen molar-refractivity contribution in [3.63, 3.8) is 0 Å². The maximum atomic E-state index is 12.5. The Morgan fingerprint density at radius 2 is 1.95 bits per heavy atom. The van der Waals surface area contributed by atoms with E-state index in [1.54, 1.807) is 6.07 Å². The van der Waals surface area contributed by atoms with Crippen molar-refractivity contribution in [2.45, 2.75) is 33.0 Å². The zero-order chi connectivity index (χ0) is 14.5. The first kappa shape index (κ1) is 16.0. The molecule has 0 aliphatic heterocycles. The molecule has 1 rings (SSSR count). The van der Waals surface area contributed by atoms with Crippen LogP contribution in [0.5, 0.6) is 0 Å². The fraction of sp³-hybridized carbons (Fsp3) is 0.571. The molecule has 0 aromatic heterocycles.